The fourth-order valence-electron chi connectivity index (χ4n) is 2.55. The lowest BCUT2D eigenvalue weighted by molar-refractivity contribution is 0.171. The molecule has 0 N–H and O–H groups in total. The van der Waals surface area contributed by atoms with Crippen LogP contribution in [0.15, 0.2) is 0 Å². The monoisotopic (exact) mass is 176 g/mol. The first-order valence-electron chi connectivity index (χ1n) is 4.74. The van der Waals surface area contributed by atoms with E-state index in [1.807, 2.05) is 0 Å². The molecule has 0 bridgehead atoms. The molecule has 0 saturated heterocycles. The van der Waals surface area contributed by atoms with E-state index in [2.05, 4.69) is 30.5 Å². The van der Waals surface area contributed by atoms with Gasteiger partial charge >= 0.3 is 6.04 Å². The van der Waals surface area contributed by atoms with Gasteiger partial charge in [0.2, 0.25) is 0 Å². The van der Waals surface area contributed by atoms with Crippen LogP contribution in [0.2, 0.25) is 0 Å². The van der Waals surface area contributed by atoms with Crippen molar-refractivity contribution in [2.24, 2.45) is 11.3 Å². The van der Waals surface area contributed by atoms with E-state index in [9.17, 15) is 0 Å². The molecular formula is C11H16N2. The minimum absolute atomic E-state index is 0.0225. The van der Waals surface area contributed by atoms with Crippen molar-refractivity contribution in [3.63, 3.8) is 0 Å². The van der Waals surface area contributed by atoms with Gasteiger partial charge in [-0.2, -0.15) is 0 Å². The minimum Gasteiger partial charge on any atom is -0.305 e. The summed E-state index contributed by atoms with van der Waals surface area (Å²) in [4.78, 5) is 7.21. The predicted molar refractivity (Wildman–Crippen MR) is 53.0 cm³/mol. The zero-order valence-electron chi connectivity index (χ0n) is 8.54. The molecule has 0 aromatic carbocycles. The largest absolute Gasteiger partial charge is 0.305 e. The zero-order chi connectivity index (χ0) is 10.1. The number of rotatable bonds is 0. The molecule has 0 aliphatic heterocycles. The Kier molecular flexibility index (Phi) is 2.62. The van der Waals surface area contributed by atoms with Crippen molar-refractivity contribution in [1.29, 1.82) is 0 Å². The maximum absolute atomic E-state index is 7.13. The van der Waals surface area contributed by atoms with Crippen molar-refractivity contribution in [3.8, 4) is 0 Å². The van der Waals surface area contributed by atoms with Gasteiger partial charge in [0.1, 0.15) is 0 Å². The molecule has 1 saturated carbocycles. The smallest absolute Gasteiger partial charge is 0.301 e. The van der Waals surface area contributed by atoms with Crippen molar-refractivity contribution in [1.82, 2.24) is 0 Å². The van der Waals surface area contributed by atoms with E-state index in [1.54, 1.807) is 0 Å². The Balaban J connectivity index is 2.90. The highest BCUT2D eigenvalue weighted by molar-refractivity contribution is 5.08. The van der Waals surface area contributed by atoms with Crippen LogP contribution in [-0.2, 0) is 0 Å². The molecule has 2 nitrogen and oxygen atoms in total. The van der Waals surface area contributed by atoms with Gasteiger partial charge in [0.05, 0.1) is 0 Å². The third kappa shape index (κ3) is 1.83. The fourth-order valence-corrected chi connectivity index (χ4v) is 2.55. The molecule has 0 aromatic rings. The Morgan fingerprint density at radius 1 is 1.23 bits per heavy atom. The molecule has 1 rings (SSSR count). The average molecular weight is 176 g/mol. The van der Waals surface area contributed by atoms with Crippen LogP contribution in [0.4, 0.5) is 0 Å². The van der Waals surface area contributed by atoms with Crippen molar-refractivity contribution >= 4 is 0 Å². The van der Waals surface area contributed by atoms with Crippen LogP contribution in [0, 0.1) is 24.5 Å². The molecule has 13 heavy (non-hydrogen) atoms. The Bertz CT molecular complexity index is 267. The average Bonchev–Trinajstić information content (AvgIpc) is 2.01. The van der Waals surface area contributed by atoms with Crippen LogP contribution in [0.25, 0.3) is 9.69 Å². The number of hydrogen-bond donors (Lipinski definition) is 0. The Morgan fingerprint density at radius 3 is 2.31 bits per heavy atom. The third-order valence-corrected chi connectivity index (χ3v) is 2.99. The molecule has 2 heteroatoms. The molecule has 0 amide bonds. The zero-order valence-corrected chi connectivity index (χ0v) is 8.54. The summed E-state index contributed by atoms with van der Waals surface area (Å²) in [6, 6.07) is -0.169. The van der Waals surface area contributed by atoms with Crippen LogP contribution in [-0.4, -0.2) is 12.1 Å². The van der Waals surface area contributed by atoms with Crippen LogP contribution < -0.4 is 0 Å². The maximum Gasteiger partial charge on any atom is 0.301 e. The van der Waals surface area contributed by atoms with E-state index in [1.165, 1.54) is 0 Å². The fraction of sp³-hybridized carbons (Fsp3) is 0.818. The molecule has 0 heterocycles. The van der Waals surface area contributed by atoms with E-state index in [0.717, 1.165) is 12.8 Å². The molecule has 0 spiro atoms. The lowest BCUT2D eigenvalue weighted by Crippen LogP contribution is -2.42. The summed E-state index contributed by atoms with van der Waals surface area (Å²) in [6.45, 7) is 20.6. The highest BCUT2D eigenvalue weighted by atomic mass is 14.9. The third-order valence-electron chi connectivity index (χ3n) is 2.99. The topological polar surface area (TPSA) is 8.72 Å². The van der Waals surface area contributed by atoms with Gasteiger partial charge in [-0.1, -0.05) is 20.8 Å². The highest BCUT2D eigenvalue weighted by Gasteiger charge is 2.50. The molecule has 3 unspecified atom stereocenters. The van der Waals surface area contributed by atoms with E-state index < -0.39 is 0 Å². The Morgan fingerprint density at radius 2 is 1.85 bits per heavy atom. The van der Waals surface area contributed by atoms with E-state index in [4.69, 9.17) is 13.1 Å². The van der Waals surface area contributed by atoms with E-state index in [0.29, 0.717) is 5.92 Å². The second-order valence-electron chi connectivity index (χ2n) is 4.80. The van der Waals surface area contributed by atoms with Crippen LogP contribution in [0.5, 0.6) is 0 Å². The normalized spacial score (nSPS) is 37.5. The summed E-state index contributed by atoms with van der Waals surface area (Å²) in [5.74, 6) is 0.590. The highest BCUT2D eigenvalue weighted by Crippen LogP contribution is 2.41. The SMILES string of the molecule is [C-]#[N+]C1CC(C)CC(C)(C)C1[N+]#[C-]. The summed E-state index contributed by atoms with van der Waals surface area (Å²) >= 11 is 0. The van der Waals surface area contributed by atoms with Crippen molar-refractivity contribution < 1.29 is 0 Å². The van der Waals surface area contributed by atoms with Gasteiger partial charge in [0.15, 0.2) is 0 Å². The van der Waals surface area contributed by atoms with Crippen molar-refractivity contribution in [2.45, 2.75) is 45.7 Å². The molecule has 70 valence electrons. The number of nitrogens with zero attached hydrogens (tertiary/aromatic N) is 2. The van der Waals surface area contributed by atoms with Crippen LogP contribution in [0.3, 0.4) is 0 Å². The summed E-state index contributed by atoms with van der Waals surface area (Å²) in [5.41, 5.74) is 0.0225. The van der Waals surface area contributed by atoms with E-state index in [-0.39, 0.29) is 17.5 Å². The first-order valence-corrected chi connectivity index (χ1v) is 4.74. The Labute approximate surface area is 80.6 Å². The molecular weight excluding hydrogens is 160 g/mol. The lowest BCUT2D eigenvalue weighted by Gasteiger charge is -2.34. The van der Waals surface area contributed by atoms with Gasteiger partial charge in [-0.15, -0.1) is 0 Å². The molecule has 1 aliphatic carbocycles. The van der Waals surface area contributed by atoms with Gasteiger partial charge in [0, 0.05) is 11.8 Å². The summed E-state index contributed by atoms with van der Waals surface area (Å²) < 4.78 is 0. The van der Waals surface area contributed by atoms with E-state index >= 15 is 0 Å². The molecule has 0 aromatic heterocycles. The molecule has 1 fully saturated rings. The van der Waals surface area contributed by atoms with Crippen LogP contribution >= 0.6 is 0 Å². The van der Waals surface area contributed by atoms with Gasteiger partial charge in [-0.25, -0.2) is 13.1 Å². The molecule has 0 radical (unpaired) electrons. The van der Waals surface area contributed by atoms with Gasteiger partial charge in [0.25, 0.3) is 6.04 Å². The second kappa shape index (κ2) is 3.38. The summed E-state index contributed by atoms with van der Waals surface area (Å²) in [6.07, 6.45) is 1.98. The number of hydrogen-bond acceptors (Lipinski definition) is 0. The van der Waals surface area contributed by atoms with Crippen molar-refractivity contribution in [2.75, 3.05) is 0 Å². The molecule has 1 aliphatic rings. The predicted octanol–water partition coefficient (Wildman–Crippen LogP) is 3.02. The van der Waals surface area contributed by atoms with Crippen molar-refractivity contribution in [3.05, 3.63) is 22.8 Å². The summed E-state index contributed by atoms with van der Waals surface area (Å²) in [7, 11) is 0. The molecule has 3 atom stereocenters. The van der Waals surface area contributed by atoms with Gasteiger partial charge in [-0.05, 0) is 12.3 Å². The first-order chi connectivity index (χ1) is 6.01. The standard InChI is InChI=1S/C11H16N2/c1-8-6-9(12-4)10(13-5)11(2,3)7-8/h8-10H,6-7H2,1-3H3. The van der Waals surface area contributed by atoms with Crippen LogP contribution in [0.1, 0.15) is 33.6 Å². The first kappa shape index (κ1) is 10.1. The Hall–Kier alpha value is -1.02. The van der Waals surface area contributed by atoms with Gasteiger partial charge in [-0.3, -0.25) is 0 Å². The minimum atomic E-state index is -0.0961. The quantitative estimate of drug-likeness (QED) is 0.502. The summed E-state index contributed by atoms with van der Waals surface area (Å²) in [5, 5.41) is 0. The maximum atomic E-state index is 7.13. The lowest BCUT2D eigenvalue weighted by atomic mass is 9.67. The second-order valence-corrected chi connectivity index (χ2v) is 4.80. The van der Waals surface area contributed by atoms with Gasteiger partial charge < -0.3 is 9.69 Å².